The SMILES string of the molecule is CC/C(C)=C/c1c(NC)cc2ccc(Cl)c(CC)c2c1-c1nccc2c1sc1nc(OC)nc(N3CCOC[C@H](C)C3)c12.FC1CC2CCCN2C1. The molecule has 3 fully saturated rings. The molecule has 0 spiro atoms. The molecule has 3 saturated heterocycles. The number of fused-ring (bicyclic) bond motifs is 5. The van der Waals surface area contributed by atoms with Crippen molar-refractivity contribution >= 4 is 71.6 Å². The van der Waals surface area contributed by atoms with Gasteiger partial charge in [-0.3, -0.25) is 9.88 Å². The van der Waals surface area contributed by atoms with Crippen molar-refractivity contribution in [3.05, 3.63) is 52.2 Å². The summed E-state index contributed by atoms with van der Waals surface area (Å²) < 4.78 is 25.2. The van der Waals surface area contributed by atoms with Gasteiger partial charge in [-0.1, -0.05) is 50.1 Å². The Balaban J connectivity index is 0.000000404. The number of rotatable bonds is 7. The highest BCUT2D eigenvalue weighted by molar-refractivity contribution is 7.26. The van der Waals surface area contributed by atoms with Gasteiger partial charge >= 0.3 is 6.01 Å². The number of nitrogens with zero attached hydrogens (tertiary/aromatic N) is 5. The number of allylic oxidation sites excluding steroid dienone is 1. The van der Waals surface area contributed by atoms with Gasteiger partial charge in [0, 0.05) is 66.1 Å². The Morgan fingerprint density at radius 1 is 1.17 bits per heavy atom. The number of anilines is 2. The standard InChI is InChI=1S/C34H38ClN5O2S.C7H12FN/c1-7-19(3)15-24-26(36-5)16-21-9-10-25(35)22(8-2)27(21)28(24)30-31-23(11-12-37-30)29-32(38-34(41-6)39-33(29)43-31)40-13-14-42-18-20(4)17-40;8-6-4-7-2-1-3-9(7)5-6/h9-12,15-16,20,36H,7-8,13-14,17-18H2,1-6H3;6-7H,1-5H2/b19-15+;/t20-;/m1./s1. The van der Waals surface area contributed by atoms with Crippen molar-refractivity contribution in [1.29, 1.82) is 0 Å². The van der Waals surface area contributed by atoms with Gasteiger partial charge < -0.3 is 19.7 Å². The summed E-state index contributed by atoms with van der Waals surface area (Å²) in [7, 11) is 3.60. The van der Waals surface area contributed by atoms with E-state index in [9.17, 15) is 4.39 Å². The van der Waals surface area contributed by atoms with Gasteiger partial charge in [-0.25, -0.2) is 4.39 Å². The number of benzene rings is 2. The maximum Gasteiger partial charge on any atom is 0.319 e. The molecular formula is C41H50ClFN6O2S. The summed E-state index contributed by atoms with van der Waals surface area (Å²) in [6.45, 7) is 13.6. The van der Waals surface area contributed by atoms with Crippen LogP contribution >= 0.6 is 22.9 Å². The Morgan fingerprint density at radius 2 is 2.02 bits per heavy atom. The minimum absolute atomic E-state index is 0.367. The Morgan fingerprint density at radius 3 is 2.77 bits per heavy atom. The Labute approximate surface area is 315 Å². The van der Waals surface area contributed by atoms with Crippen LogP contribution in [0, 0.1) is 5.92 Å². The lowest BCUT2D eigenvalue weighted by molar-refractivity contribution is 0.129. The molecule has 3 aromatic heterocycles. The highest BCUT2D eigenvalue weighted by Crippen LogP contribution is 2.47. The van der Waals surface area contributed by atoms with Gasteiger partial charge in [0.2, 0.25) is 0 Å². The molecule has 3 aliphatic heterocycles. The van der Waals surface area contributed by atoms with Crippen molar-refractivity contribution in [2.75, 3.05) is 63.8 Å². The summed E-state index contributed by atoms with van der Waals surface area (Å²) in [4.78, 5) is 20.4. The van der Waals surface area contributed by atoms with Crippen molar-refractivity contribution in [2.45, 2.75) is 72.0 Å². The molecule has 0 aliphatic carbocycles. The first-order valence-electron chi connectivity index (χ1n) is 18.7. The summed E-state index contributed by atoms with van der Waals surface area (Å²) in [5.74, 6) is 1.26. The predicted molar refractivity (Wildman–Crippen MR) is 216 cm³/mol. The van der Waals surface area contributed by atoms with Crippen molar-refractivity contribution in [3.8, 4) is 17.3 Å². The van der Waals surface area contributed by atoms with E-state index in [4.69, 9.17) is 36.0 Å². The van der Waals surface area contributed by atoms with Gasteiger partial charge in [0.15, 0.2) is 0 Å². The summed E-state index contributed by atoms with van der Waals surface area (Å²) >= 11 is 8.52. The minimum Gasteiger partial charge on any atom is -0.467 e. The van der Waals surface area contributed by atoms with Crippen LogP contribution in [0.1, 0.15) is 64.5 Å². The third-order valence-corrected chi connectivity index (χ3v) is 12.3. The molecule has 276 valence electrons. The van der Waals surface area contributed by atoms with E-state index < -0.39 is 6.17 Å². The van der Waals surface area contributed by atoms with E-state index >= 15 is 0 Å². The minimum atomic E-state index is -0.518. The van der Waals surface area contributed by atoms with E-state index in [2.05, 4.69) is 67.1 Å². The lowest BCUT2D eigenvalue weighted by Gasteiger charge is -2.24. The number of thiophene rings is 1. The molecule has 2 aromatic carbocycles. The zero-order valence-corrected chi connectivity index (χ0v) is 32.8. The molecule has 0 bridgehead atoms. The van der Waals surface area contributed by atoms with Crippen molar-refractivity contribution in [3.63, 3.8) is 0 Å². The lowest BCUT2D eigenvalue weighted by atomic mass is 9.89. The number of methoxy groups -OCH3 is 1. The topological polar surface area (TPSA) is 75.6 Å². The van der Waals surface area contributed by atoms with E-state index in [1.165, 1.54) is 18.4 Å². The summed E-state index contributed by atoms with van der Waals surface area (Å²) in [5, 5.41) is 8.64. The number of alkyl halides is 1. The molecule has 8 rings (SSSR count). The first kappa shape index (κ1) is 36.8. The molecule has 3 aliphatic rings. The Hall–Kier alpha value is -3.57. The number of aryl methyl sites for hydroxylation is 1. The molecule has 0 radical (unpaired) electrons. The lowest BCUT2D eigenvalue weighted by Crippen LogP contribution is -2.30. The highest BCUT2D eigenvalue weighted by atomic mass is 35.5. The molecule has 1 N–H and O–H groups in total. The number of ether oxygens (including phenoxy) is 2. The highest BCUT2D eigenvalue weighted by Gasteiger charge is 2.34. The van der Waals surface area contributed by atoms with Crippen LogP contribution in [0.15, 0.2) is 36.0 Å². The third kappa shape index (κ3) is 7.07. The average molecular weight is 745 g/mol. The van der Waals surface area contributed by atoms with Gasteiger partial charge in [0.1, 0.15) is 16.8 Å². The molecule has 3 atom stereocenters. The third-order valence-electron chi connectivity index (χ3n) is 10.8. The van der Waals surface area contributed by atoms with Gasteiger partial charge in [0.05, 0.1) is 36.1 Å². The fourth-order valence-corrected chi connectivity index (χ4v) is 9.56. The molecule has 52 heavy (non-hydrogen) atoms. The van der Waals surface area contributed by atoms with Crippen molar-refractivity contribution in [1.82, 2.24) is 19.9 Å². The van der Waals surface area contributed by atoms with Gasteiger partial charge in [-0.2, -0.15) is 9.97 Å². The van der Waals surface area contributed by atoms with E-state index in [-0.39, 0.29) is 0 Å². The zero-order chi connectivity index (χ0) is 36.5. The van der Waals surface area contributed by atoms with Crippen LogP contribution in [0.3, 0.4) is 0 Å². The van der Waals surface area contributed by atoms with Gasteiger partial charge in [0.25, 0.3) is 0 Å². The van der Waals surface area contributed by atoms with E-state index in [1.807, 2.05) is 19.3 Å². The normalized spacial score (nSPS) is 21.0. The van der Waals surface area contributed by atoms with Crippen LogP contribution in [0.2, 0.25) is 5.02 Å². The predicted octanol–water partition coefficient (Wildman–Crippen LogP) is 9.80. The van der Waals surface area contributed by atoms with Crippen molar-refractivity contribution < 1.29 is 13.9 Å². The first-order chi connectivity index (χ1) is 25.2. The smallest absolute Gasteiger partial charge is 0.319 e. The van der Waals surface area contributed by atoms with E-state index in [0.717, 1.165) is 115 Å². The zero-order valence-electron chi connectivity index (χ0n) is 31.2. The van der Waals surface area contributed by atoms with E-state index in [1.54, 1.807) is 18.4 Å². The second-order valence-electron chi connectivity index (χ2n) is 14.4. The molecule has 5 aromatic rings. The molecule has 0 saturated carbocycles. The second kappa shape index (κ2) is 15.8. The molecule has 0 amide bonds. The molecule has 11 heteroatoms. The van der Waals surface area contributed by atoms with Crippen molar-refractivity contribution in [2.24, 2.45) is 5.92 Å². The maximum atomic E-state index is 12.6. The number of aromatic nitrogens is 3. The first-order valence-corrected chi connectivity index (χ1v) is 19.9. The summed E-state index contributed by atoms with van der Waals surface area (Å²) in [6.07, 6.45) is 8.78. The average Bonchev–Trinajstić information content (AvgIpc) is 3.80. The summed E-state index contributed by atoms with van der Waals surface area (Å²) in [5.41, 5.74) is 6.60. The number of hydrogen-bond donors (Lipinski definition) is 1. The van der Waals surface area contributed by atoms with Gasteiger partial charge in [-0.15, -0.1) is 11.3 Å². The molecule has 6 heterocycles. The fraction of sp³-hybridized carbons (Fsp3) is 0.488. The largest absolute Gasteiger partial charge is 0.467 e. The summed E-state index contributed by atoms with van der Waals surface area (Å²) in [6, 6.07) is 9.42. The van der Waals surface area contributed by atoms with Crippen LogP contribution in [0.5, 0.6) is 6.01 Å². The van der Waals surface area contributed by atoms with Gasteiger partial charge in [-0.05, 0) is 86.0 Å². The van der Waals surface area contributed by atoms with Crippen LogP contribution in [0.25, 0.3) is 48.4 Å². The van der Waals surface area contributed by atoms with Crippen LogP contribution in [-0.4, -0.2) is 85.6 Å². The number of halogens is 2. The molecule has 2 unspecified atom stereocenters. The number of pyridine rings is 1. The monoisotopic (exact) mass is 744 g/mol. The number of hydrogen-bond acceptors (Lipinski definition) is 9. The van der Waals surface area contributed by atoms with Crippen LogP contribution in [-0.2, 0) is 11.2 Å². The Kier molecular flexibility index (Phi) is 11.2. The molecular weight excluding hydrogens is 695 g/mol. The fourth-order valence-electron chi connectivity index (χ4n) is 8.12. The molecule has 8 nitrogen and oxygen atoms in total. The number of nitrogens with one attached hydrogen (secondary N) is 1. The van der Waals surface area contributed by atoms with Crippen LogP contribution < -0.4 is 15.0 Å². The second-order valence-corrected chi connectivity index (χ2v) is 15.8. The quantitative estimate of drug-likeness (QED) is 0.177. The van der Waals surface area contributed by atoms with E-state index in [0.29, 0.717) is 31.1 Å². The Bertz CT molecular complexity index is 2110. The maximum absolute atomic E-state index is 12.6. The van der Waals surface area contributed by atoms with Crippen LogP contribution in [0.4, 0.5) is 15.9 Å².